The second kappa shape index (κ2) is 39.0. The second-order valence-corrected chi connectivity index (χ2v) is 32.9. The number of piperidine rings is 1. The van der Waals surface area contributed by atoms with Crippen molar-refractivity contribution in [2.24, 2.45) is 0 Å². The maximum atomic E-state index is 10.7. The van der Waals surface area contributed by atoms with Gasteiger partial charge in [0.05, 0.1) is 31.5 Å². The molecule has 11 nitrogen and oxygen atoms in total. The average Bonchev–Trinajstić information content (AvgIpc) is 3.06. The zero-order valence-corrected chi connectivity index (χ0v) is 51.5. The summed E-state index contributed by atoms with van der Waals surface area (Å²) < 4.78 is 17.4. The molecule has 3 aromatic heterocycles. The Labute approximate surface area is 450 Å². The van der Waals surface area contributed by atoms with Crippen molar-refractivity contribution in [3.05, 3.63) is 71.2 Å². The number of hydrogen-bond acceptors (Lipinski definition) is 9. The zero-order valence-electron chi connectivity index (χ0n) is 37.3. The number of rotatable bonds is 7. The Morgan fingerprint density at radius 3 is 1.47 bits per heavy atom. The van der Waals surface area contributed by atoms with Crippen molar-refractivity contribution in [1.29, 1.82) is 0 Å². The van der Waals surface area contributed by atoms with Gasteiger partial charge in [0.2, 0.25) is 17.6 Å². The SMILES string of the molecule is CC1(C)CCCC(C)(C)[N-]1.CN(C)CCN(C)C.COc1nc(C(=O)O)c(Br)cc1C.COc1nc(C)c(Br)cc1C.COc1ncc(Br)cc1C.I[I-]I.[Cl-].[Cl-].[Li+].[Mg+2]. The van der Waals surface area contributed by atoms with Crippen molar-refractivity contribution in [1.82, 2.24) is 24.8 Å². The molecule has 1 aliphatic rings. The number of aromatic nitrogens is 3. The van der Waals surface area contributed by atoms with E-state index in [0.717, 1.165) is 44.4 Å². The number of pyridine rings is 3. The Morgan fingerprint density at radius 2 is 1.15 bits per heavy atom. The third-order valence-electron chi connectivity index (χ3n) is 7.37. The fourth-order valence-corrected chi connectivity index (χ4v) is 6.28. The molecule has 0 aliphatic carbocycles. The first-order chi connectivity index (χ1) is 25.4. The first kappa shape index (κ1) is 72.4. The molecule has 0 unspecified atom stereocenters. The van der Waals surface area contributed by atoms with Crippen LogP contribution < -0.4 is 71.1 Å². The van der Waals surface area contributed by atoms with Crippen molar-refractivity contribution in [2.45, 2.75) is 85.7 Å². The molecule has 3 aromatic rings. The Balaban J connectivity index is -0.000000145. The molecule has 1 aliphatic heterocycles. The van der Waals surface area contributed by atoms with Crippen LogP contribution >= 0.6 is 85.0 Å². The minimum absolute atomic E-state index is 0. The van der Waals surface area contributed by atoms with Gasteiger partial charge in [-0.15, -0.1) is 11.1 Å². The van der Waals surface area contributed by atoms with Crippen LogP contribution in [-0.4, -0.2) is 133 Å². The van der Waals surface area contributed by atoms with Crippen molar-refractivity contribution in [3.63, 3.8) is 0 Å². The number of nitrogens with zero attached hydrogens (tertiary/aromatic N) is 6. The second-order valence-electron chi connectivity index (χ2n) is 14.1. The van der Waals surface area contributed by atoms with Gasteiger partial charge in [-0.3, -0.25) is 0 Å². The van der Waals surface area contributed by atoms with E-state index in [1.54, 1.807) is 33.4 Å². The predicted octanol–water partition coefficient (Wildman–Crippen LogP) is -0.893. The van der Waals surface area contributed by atoms with E-state index in [1.165, 1.54) is 26.4 Å². The third kappa shape index (κ3) is 34.7. The standard InChI is InChI=1S/C9H18N.C8H8BrNO3.C8H10BrNO.C7H8BrNO.C6H16N2.2ClH.I3.Li.Mg/c1-8(2)6-5-7-9(3,4)10-8;1-4-3-5(9)6(8(11)12)10-7(4)13-2;1-5-4-7(9)6(2)10-8(5)11-3;1-5-3-6(8)4-9-7(5)10-2;1-7(2)5-6-8(3)4;;;1-3-2;;/h5-7H2,1-4H3;3H,1-2H3,(H,11,12);4H,1-3H3;3-4H,1-2H3;5-6H2,1-4H3;2*1H;;;/q-1;;;;;;;-1;+1;+2/p-2. The van der Waals surface area contributed by atoms with Crippen molar-refractivity contribution in [3.8, 4) is 17.6 Å². The number of carboxylic acids is 1. The number of carbonyl (C=O) groups is 1. The monoisotopic (exact) mass is 1400 g/mol. The van der Waals surface area contributed by atoms with Crippen LogP contribution in [0.2, 0.25) is 0 Å². The van der Waals surface area contributed by atoms with Gasteiger partial charge in [-0.1, -0.05) is 47.0 Å². The number of aryl methyl sites for hydroxylation is 4. The Morgan fingerprint density at radius 1 is 0.780 bits per heavy atom. The Kier molecular flexibility index (Phi) is 47.8. The summed E-state index contributed by atoms with van der Waals surface area (Å²) in [6.45, 7) is 18.9. The number of likely N-dealkylation sites (N-methyl/N-ethyl adjacent to an activating group) is 2. The molecule has 4 heterocycles. The molecular formula is C38H60Br3Cl2I3LiMgN6O5-. The van der Waals surface area contributed by atoms with Crippen LogP contribution in [0.1, 0.15) is 79.8 Å². The van der Waals surface area contributed by atoms with Gasteiger partial charge in [0.25, 0.3) is 0 Å². The van der Waals surface area contributed by atoms with Gasteiger partial charge in [-0.25, -0.2) is 19.7 Å². The maximum absolute atomic E-state index is 10.7. The summed E-state index contributed by atoms with van der Waals surface area (Å²) in [6.07, 6.45) is 5.57. The molecule has 21 heteroatoms. The van der Waals surface area contributed by atoms with Gasteiger partial charge in [0.15, 0.2) is 5.69 Å². The number of methoxy groups -OCH3 is 3. The van der Waals surface area contributed by atoms with Crippen molar-refractivity contribution >= 4 is 114 Å². The molecule has 0 bridgehead atoms. The van der Waals surface area contributed by atoms with Gasteiger partial charge >= 0.3 is 98.4 Å². The number of ether oxygens (including phenoxy) is 3. The van der Waals surface area contributed by atoms with E-state index in [9.17, 15) is 4.79 Å². The molecule has 0 aromatic carbocycles. The average molecular weight is 1400 g/mol. The first-order valence-electron chi connectivity index (χ1n) is 17.1. The van der Waals surface area contributed by atoms with E-state index in [0.29, 0.717) is 35.4 Å². The molecule has 4 rings (SSSR count). The van der Waals surface area contributed by atoms with Gasteiger partial charge in [0.1, 0.15) is 0 Å². The van der Waals surface area contributed by atoms with E-state index in [2.05, 4.69) is 166 Å². The van der Waals surface area contributed by atoms with Crippen molar-refractivity contribution in [2.75, 3.05) is 62.6 Å². The summed E-state index contributed by atoms with van der Waals surface area (Å²) in [5.41, 5.74) is 4.26. The molecular weight excluding hydrogens is 1340 g/mol. The van der Waals surface area contributed by atoms with Crippen LogP contribution in [0.3, 0.4) is 0 Å². The zero-order chi connectivity index (χ0) is 43.1. The normalized spacial score (nSPS) is 12.6. The molecule has 1 fully saturated rings. The molecule has 0 spiro atoms. The van der Waals surface area contributed by atoms with Gasteiger partial charge in [0, 0.05) is 44.9 Å². The van der Waals surface area contributed by atoms with Crippen LogP contribution in [0.5, 0.6) is 17.6 Å². The van der Waals surface area contributed by atoms with Crippen molar-refractivity contribution < 1.29 is 81.0 Å². The summed E-state index contributed by atoms with van der Waals surface area (Å²) in [7, 11) is 13.0. The van der Waals surface area contributed by atoms with Crippen LogP contribution in [0, 0.1) is 27.7 Å². The molecule has 332 valence electrons. The Bertz CT molecular complexity index is 1580. The van der Waals surface area contributed by atoms with E-state index in [-0.39, 0.29) is 83.5 Å². The quantitative estimate of drug-likeness (QED) is 0.236. The fraction of sp³-hybridized carbons (Fsp3) is 0.579. The summed E-state index contributed by atoms with van der Waals surface area (Å²) in [6, 6.07) is 5.63. The smallest absolute Gasteiger partial charge is 1.00 e. The largest absolute Gasteiger partial charge is 2.00 e. The number of halogens is 8. The maximum Gasteiger partial charge on any atom is 2.00 e. The number of carboxylic acid groups (broad SMARTS) is 1. The van der Waals surface area contributed by atoms with Gasteiger partial charge in [-0.05, 0) is 122 Å². The molecule has 0 amide bonds. The first-order valence-corrected chi connectivity index (χ1v) is 32.0. The summed E-state index contributed by atoms with van der Waals surface area (Å²) >= 11 is 15.1. The molecule has 0 radical (unpaired) electrons. The van der Waals surface area contributed by atoms with Crippen LogP contribution in [0.4, 0.5) is 0 Å². The van der Waals surface area contributed by atoms with E-state index in [4.69, 9.17) is 24.6 Å². The van der Waals surface area contributed by atoms with Gasteiger partial charge in [-0.2, -0.15) is 0 Å². The fourth-order valence-electron chi connectivity index (χ4n) is 4.80. The summed E-state index contributed by atoms with van der Waals surface area (Å²) in [5.74, 6) is 0.639. The van der Waals surface area contributed by atoms with E-state index in [1.807, 2.05) is 32.9 Å². The summed E-state index contributed by atoms with van der Waals surface area (Å²) in [5, 5.41) is 13.5. The number of hydrogen-bond donors (Lipinski definition) is 1. The summed E-state index contributed by atoms with van der Waals surface area (Å²) in [4.78, 5) is 27.1. The van der Waals surface area contributed by atoms with Crippen LogP contribution in [0.25, 0.3) is 5.32 Å². The minimum Gasteiger partial charge on any atom is -1.00 e. The van der Waals surface area contributed by atoms with Crippen LogP contribution in [-0.2, 0) is 0 Å². The van der Waals surface area contributed by atoms with E-state index >= 15 is 0 Å². The minimum atomic E-state index is -1.08. The molecule has 1 saturated heterocycles. The predicted molar refractivity (Wildman–Crippen MR) is 258 cm³/mol. The number of aromatic carboxylic acids is 1. The topological polar surface area (TPSA) is 124 Å². The van der Waals surface area contributed by atoms with Crippen LogP contribution in [0.15, 0.2) is 37.8 Å². The van der Waals surface area contributed by atoms with Gasteiger partial charge < -0.3 is 59.2 Å². The third-order valence-corrected chi connectivity index (χ3v) is 9.21. The van der Waals surface area contributed by atoms with E-state index < -0.39 is 5.97 Å². The molecule has 0 atom stereocenters. The molecule has 0 saturated carbocycles. The molecule has 1 N–H and O–H groups in total. The Hall–Kier alpha value is 1.77. The molecule has 59 heavy (non-hydrogen) atoms.